The first-order valence-corrected chi connectivity index (χ1v) is 3.85. The lowest BCUT2D eigenvalue weighted by molar-refractivity contribution is 0.0826. The standard InChI is InChI=1S/C8H15NO/c1-7(9-2)8-3-5-10-6-4-8/h8H,3-6H2,1-2H3. The predicted molar refractivity (Wildman–Crippen MR) is 42.6 cm³/mol. The van der Waals surface area contributed by atoms with Crippen molar-refractivity contribution in [3.63, 3.8) is 0 Å². The van der Waals surface area contributed by atoms with Crippen LogP contribution in [0, 0.1) is 5.92 Å². The van der Waals surface area contributed by atoms with Crippen molar-refractivity contribution in [1.82, 2.24) is 0 Å². The molecule has 0 amide bonds. The summed E-state index contributed by atoms with van der Waals surface area (Å²) >= 11 is 0. The van der Waals surface area contributed by atoms with Crippen LogP contribution in [0.1, 0.15) is 19.8 Å². The minimum Gasteiger partial charge on any atom is -0.381 e. The van der Waals surface area contributed by atoms with E-state index in [9.17, 15) is 0 Å². The third-order valence-corrected chi connectivity index (χ3v) is 2.16. The van der Waals surface area contributed by atoms with Crippen molar-refractivity contribution < 1.29 is 4.74 Å². The second-order valence-electron chi connectivity index (χ2n) is 2.75. The molecule has 0 radical (unpaired) electrons. The van der Waals surface area contributed by atoms with Gasteiger partial charge in [0, 0.05) is 31.9 Å². The van der Waals surface area contributed by atoms with Crippen LogP contribution in [0.5, 0.6) is 0 Å². The van der Waals surface area contributed by atoms with Crippen molar-refractivity contribution in [1.29, 1.82) is 0 Å². The van der Waals surface area contributed by atoms with Gasteiger partial charge < -0.3 is 4.74 Å². The van der Waals surface area contributed by atoms with Crippen LogP contribution < -0.4 is 0 Å². The number of nitrogens with zero attached hydrogens (tertiary/aromatic N) is 1. The molecule has 1 saturated heterocycles. The topological polar surface area (TPSA) is 21.6 Å². The zero-order valence-corrected chi connectivity index (χ0v) is 6.76. The number of rotatable bonds is 1. The molecular formula is C8H15NO. The minimum atomic E-state index is 0.693. The quantitative estimate of drug-likeness (QED) is 0.507. The summed E-state index contributed by atoms with van der Waals surface area (Å²) in [6.07, 6.45) is 2.31. The molecule has 1 aliphatic rings. The number of aliphatic imine (C=N–C) groups is 1. The number of hydrogen-bond acceptors (Lipinski definition) is 2. The van der Waals surface area contributed by atoms with Crippen molar-refractivity contribution in [2.24, 2.45) is 10.9 Å². The summed E-state index contributed by atoms with van der Waals surface area (Å²) in [4.78, 5) is 4.17. The highest BCUT2D eigenvalue weighted by Gasteiger charge is 2.15. The molecule has 1 fully saturated rings. The molecular weight excluding hydrogens is 126 g/mol. The first kappa shape index (κ1) is 7.73. The molecule has 1 aliphatic heterocycles. The fraction of sp³-hybridized carbons (Fsp3) is 0.875. The monoisotopic (exact) mass is 141 g/mol. The Hall–Kier alpha value is -0.370. The molecule has 0 aromatic rings. The van der Waals surface area contributed by atoms with Crippen LogP contribution in [0.4, 0.5) is 0 Å². The lowest BCUT2D eigenvalue weighted by atomic mass is 9.96. The van der Waals surface area contributed by atoms with Gasteiger partial charge in [-0.1, -0.05) is 0 Å². The van der Waals surface area contributed by atoms with E-state index in [1.807, 2.05) is 7.05 Å². The van der Waals surface area contributed by atoms with E-state index in [1.54, 1.807) is 0 Å². The highest BCUT2D eigenvalue weighted by atomic mass is 16.5. The fourth-order valence-corrected chi connectivity index (χ4v) is 1.30. The molecule has 0 spiro atoms. The Kier molecular flexibility index (Phi) is 2.87. The molecule has 0 N–H and O–H groups in total. The molecule has 0 saturated carbocycles. The molecule has 0 atom stereocenters. The molecule has 0 aromatic carbocycles. The van der Waals surface area contributed by atoms with Gasteiger partial charge >= 0.3 is 0 Å². The minimum absolute atomic E-state index is 0.693. The van der Waals surface area contributed by atoms with Gasteiger partial charge in [-0.3, -0.25) is 4.99 Å². The van der Waals surface area contributed by atoms with E-state index >= 15 is 0 Å². The third kappa shape index (κ3) is 1.81. The van der Waals surface area contributed by atoms with E-state index in [0.717, 1.165) is 26.1 Å². The van der Waals surface area contributed by atoms with Crippen LogP contribution in [0.15, 0.2) is 4.99 Å². The van der Waals surface area contributed by atoms with Crippen molar-refractivity contribution >= 4 is 5.71 Å². The molecule has 0 bridgehead atoms. The lowest BCUT2D eigenvalue weighted by Crippen LogP contribution is -2.21. The van der Waals surface area contributed by atoms with Gasteiger partial charge in [-0.05, 0) is 19.8 Å². The highest BCUT2D eigenvalue weighted by Crippen LogP contribution is 2.15. The molecule has 0 aliphatic carbocycles. The fourth-order valence-electron chi connectivity index (χ4n) is 1.30. The van der Waals surface area contributed by atoms with Gasteiger partial charge in [-0.25, -0.2) is 0 Å². The molecule has 58 valence electrons. The Morgan fingerprint density at radius 2 is 2.00 bits per heavy atom. The molecule has 1 rings (SSSR count). The Morgan fingerprint density at radius 3 is 2.50 bits per heavy atom. The average Bonchev–Trinajstić information content (AvgIpc) is 2.05. The van der Waals surface area contributed by atoms with Crippen LogP contribution in [0.25, 0.3) is 0 Å². The molecule has 1 heterocycles. The molecule has 0 unspecified atom stereocenters. The van der Waals surface area contributed by atoms with Crippen LogP contribution >= 0.6 is 0 Å². The Morgan fingerprint density at radius 1 is 1.40 bits per heavy atom. The van der Waals surface area contributed by atoms with Crippen molar-refractivity contribution in [2.45, 2.75) is 19.8 Å². The van der Waals surface area contributed by atoms with Crippen molar-refractivity contribution in [2.75, 3.05) is 20.3 Å². The summed E-state index contributed by atoms with van der Waals surface area (Å²) in [7, 11) is 1.87. The smallest absolute Gasteiger partial charge is 0.0472 e. The first-order chi connectivity index (χ1) is 4.84. The third-order valence-electron chi connectivity index (χ3n) is 2.16. The largest absolute Gasteiger partial charge is 0.381 e. The SMILES string of the molecule is CN=C(C)C1CCOCC1. The van der Waals surface area contributed by atoms with Gasteiger partial charge in [0.1, 0.15) is 0 Å². The van der Waals surface area contributed by atoms with Crippen molar-refractivity contribution in [3.05, 3.63) is 0 Å². The summed E-state index contributed by atoms with van der Waals surface area (Å²) in [5, 5.41) is 0. The first-order valence-electron chi connectivity index (χ1n) is 3.85. The van der Waals surface area contributed by atoms with E-state index in [1.165, 1.54) is 5.71 Å². The van der Waals surface area contributed by atoms with Gasteiger partial charge in [-0.15, -0.1) is 0 Å². The second-order valence-corrected chi connectivity index (χ2v) is 2.75. The molecule has 2 heteroatoms. The summed E-state index contributed by atoms with van der Waals surface area (Å²) in [6.45, 7) is 3.94. The van der Waals surface area contributed by atoms with E-state index in [2.05, 4.69) is 11.9 Å². The maximum Gasteiger partial charge on any atom is 0.0472 e. The molecule has 2 nitrogen and oxygen atoms in total. The van der Waals surface area contributed by atoms with E-state index in [4.69, 9.17) is 4.74 Å². The van der Waals surface area contributed by atoms with Crippen LogP contribution in [0.2, 0.25) is 0 Å². The summed E-state index contributed by atoms with van der Waals surface area (Å²) in [6, 6.07) is 0. The Balaban J connectivity index is 2.39. The van der Waals surface area contributed by atoms with Gasteiger partial charge in [-0.2, -0.15) is 0 Å². The highest BCUT2D eigenvalue weighted by molar-refractivity contribution is 5.84. The Bertz CT molecular complexity index is 125. The maximum absolute atomic E-state index is 5.24. The predicted octanol–water partition coefficient (Wildman–Crippen LogP) is 1.50. The van der Waals surface area contributed by atoms with E-state index < -0.39 is 0 Å². The van der Waals surface area contributed by atoms with Crippen molar-refractivity contribution in [3.8, 4) is 0 Å². The molecule has 0 aromatic heterocycles. The zero-order chi connectivity index (χ0) is 7.40. The van der Waals surface area contributed by atoms with Gasteiger partial charge in [0.25, 0.3) is 0 Å². The van der Waals surface area contributed by atoms with E-state index in [-0.39, 0.29) is 0 Å². The van der Waals surface area contributed by atoms with Crippen LogP contribution in [-0.2, 0) is 4.74 Å². The average molecular weight is 141 g/mol. The molecule has 10 heavy (non-hydrogen) atoms. The second kappa shape index (κ2) is 3.71. The van der Waals surface area contributed by atoms with Gasteiger partial charge in [0.2, 0.25) is 0 Å². The summed E-state index contributed by atoms with van der Waals surface area (Å²) in [5.41, 5.74) is 1.28. The number of hydrogen-bond donors (Lipinski definition) is 0. The normalized spacial score (nSPS) is 23.2. The zero-order valence-electron chi connectivity index (χ0n) is 6.76. The number of ether oxygens (including phenoxy) is 1. The summed E-state index contributed by atoms with van der Waals surface area (Å²) < 4.78 is 5.24. The van der Waals surface area contributed by atoms with Crippen LogP contribution in [-0.4, -0.2) is 26.0 Å². The van der Waals surface area contributed by atoms with Gasteiger partial charge in [0.05, 0.1) is 0 Å². The maximum atomic E-state index is 5.24. The van der Waals surface area contributed by atoms with Gasteiger partial charge in [0.15, 0.2) is 0 Å². The lowest BCUT2D eigenvalue weighted by Gasteiger charge is -2.21. The van der Waals surface area contributed by atoms with Crippen LogP contribution in [0.3, 0.4) is 0 Å². The van der Waals surface area contributed by atoms with E-state index in [0.29, 0.717) is 5.92 Å². The Labute approximate surface area is 62.3 Å². The summed E-state index contributed by atoms with van der Waals surface area (Å²) in [5.74, 6) is 0.693.